The van der Waals surface area contributed by atoms with Gasteiger partial charge in [-0.15, -0.1) is 11.3 Å². The van der Waals surface area contributed by atoms with Crippen LogP contribution in [0.1, 0.15) is 28.8 Å². The Morgan fingerprint density at radius 3 is 3.00 bits per heavy atom. The van der Waals surface area contributed by atoms with E-state index >= 15 is 0 Å². The molecular weight excluding hydrogens is 266 g/mol. The van der Waals surface area contributed by atoms with Gasteiger partial charge in [0.15, 0.2) is 0 Å². The predicted octanol–water partition coefficient (Wildman–Crippen LogP) is 0.579. The average molecular weight is 283 g/mol. The molecule has 104 valence electrons. The second-order valence-electron chi connectivity index (χ2n) is 4.71. The summed E-state index contributed by atoms with van der Waals surface area (Å²) in [4.78, 5) is 29.2. The molecule has 0 radical (unpaired) electrons. The Hall–Kier alpha value is -1.47. The molecular formula is C12H17N3O3S. The monoisotopic (exact) mass is 283 g/mol. The molecule has 6 nitrogen and oxygen atoms in total. The van der Waals surface area contributed by atoms with Crippen LogP contribution in [0.25, 0.3) is 0 Å². The van der Waals surface area contributed by atoms with Gasteiger partial charge in [0, 0.05) is 18.3 Å². The number of likely N-dealkylation sites (tertiary alicyclic amines) is 1. The first-order chi connectivity index (χ1) is 9.04. The molecule has 2 heterocycles. The molecule has 0 aromatic carbocycles. The number of nitrogens with zero attached hydrogens (tertiary/aromatic N) is 2. The zero-order valence-corrected chi connectivity index (χ0v) is 11.5. The van der Waals surface area contributed by atoms with Crippen molar-refractivity contribution in [1.29, 1.82) is 0 Å². The first-order valence-electron chi connectivity index (χ1n) is 6.23. The summed E-state index contributed by atoms with van der Waals surface area (Å²) in [5, 5.41) is 11.7. The topological polar surface area (TPSA) is 96.5 Å². The quantitative estimate of drug-likeness (QED) is 0.842. The van der Waals surface area contributed by atoms with Gasteiger partial charge in [-0.05, 0) is 18.9 Å². The van der Waals surface area contributed by atoms with Crippen LogP contribution in [0.15, 0.2) is 5.38 Å². The van der Waals surface area contributed by atoms with Crippen LogP contribution >= 0.6 is 11.3 Å². The van der Waals surface area contributed by atoms with Crippen molar-refractivity contribution in [3.63, 3.8) is 0 Å². The second kappa shape index (κ2) is 5.66. The smallest absolute Gasteiger partial charge is 0.326 e. The van der Waals surface area contributed by atoms with E-state index in [4.69, 9.17) is 5.73 Å². The molecule has 7 heteroatoms. The van der Waals surface area contributed by atoms with Crippen LogP contribution in [0.4, 0.5) is 0 Å². The predicted molar refractivity (Wildman–Crippen MR) is 71.1 cm³/mol. The van der Waals surface area contributed by atoms with E-state index in [1.54, 1.807) is 5.38 Å². The van der Waals surface area contributed by atoms with E-state index in [1.165, 1.54) is 16.2 Å². The maximum atomic E-state index is 12.3. The highest BCUT2D eigenvalue weighted by Gasteiger charge is 2.40. The number of amides is 1. The molecule has 1 aromatic heterocycles. The number of aliphatic carboxylic acids is 1. The van der Waals surface area contributed by atoms with E-state index in [0.717, 1.165) is 5.01 Å². The number of carbonyl (C=O) groups excluding carboxylic acids is 1. The number of thiazole rings is 1. The summed E-state index contributed by atoms with van der Waals surface area (Å²) in [5.41, 5.74) is 5.77. The van der Waals surface area contributed by atoms with Gasteiger partial charge in [0.1, 0.15) is 11.7 Å². The van der Waals surface area contributed by atoms with Crippen LogP contribution in [0, 0.1) is 5.92 Å². The molecule has 1 aromatic rings. The minimum Gasteiger partial charge on any atom is -0.480 e. The summed E-state index contributed by atoms with van der Waals surface area (Å²) < 4.78 is 0. The zero-order chi connectivity index (χ0) is 14.0. The van der Waals surface area contributed by atoms with Gasteiger partial charge in [-0.1, -0.05) is 6.92 Å². The lowest BCUT2D eigenvalue weighted by Gasteiger charge is -2.22. The molecule has 0 saturated carbocycles. The Balaban J connectivity index is 2.16. The van der Waals surface area contributed by atoms with Crippen LogP contribution in [-0.4, -0.2) is 46.0 Å². The third kappa shape index (κ3) is 2.76. The van der Waals surface area contributed by atoms with Crippen molar-refractivity contribution in [3.05, 3.63) is 16.1 Å². The highest BCUT2D eigenvalue weighted by Crippen LogP contribution is 2.26. The summed E-state index contributed by atoms with van der Waals surface area (Å²) >= 11 is 1.39. The van der Waals surface area contributed by atoms with Gasteiger partial charge in [-0.3, -0.25) is 4.79 Å². The van der Waals surface area contributed by atoms with Gasteiger partial charge in [0.2, 0.25) is 0 Å². The summed E-state index contributed by atoms with van der Waals surface area (Å²) in [5.74, 6) is -1.27. The normalized spacial score (nSPS) is 22.7. The first-order valence-corrected chi connectivity index (χ1v) is 7.10. The minimum absolute atomic E-state index is 0.0244. The second-order valence-corrected chi connectivity index (χ2v) is 5.66. The van der Waals surface area contributed by atoms with Crippen molar-refractivity contribution in [3.8, 4) is 0 Å². The van der Waals surface area contributed by atoms with E-state index < -0.39 is 12.0 Å². The highest BCUT2D eigenvalue weighted by molar-refractivity contribution is 7.09. The van der Waals surface area contributed by atoms with Crippen molar-refractivity contribution in [2.45, 2.75) is 25.8 Å². The molecule has 1 aliphatic heterocycles. The van der Waals surface area contributed by atoms with Crippen molar-refractivity contribution in [1.82, 2.24) is 9.88 Å². The van der Waals surface area contributed by atoms with Crippen LogP contribution in [0.5, 0.6) is 0 Å². The number of nitrogens with two attached hydrogens (primary N) is 1. The largest absolute Gasteiger partial charge is 0.480 e. The van der Waals surface area contributed by atoms with Gasteiger partial charge < -0.3 is 15.7 Å². The van der Waals surface area contributed by atoms with Gasteiger partial charge in [0.05, 0.1) is 5.01 Å². The molecule has 0 aliphatic carbocycles. The van der Waals surface area contributed by atoms with Crippen molar-refractivity contribution in [2.24, 2.45) is 11.7 Å². The Kier molecular flexibility index (Phi) is 4.16. The Labute approximate surface area is 115 Å². The molecule has 1 aliphatic rings. The molecule has 2 unspecified atom stereocenters. The standard InChI is InChI=1S/C12H17N3O3S/c1-7-3-5-15(10(7)12(17)18)11(16)8-6-19-9(14-8)2-4-13/h6-7,10H,2-5,13H2,1H3,(H,17,18). The van der Waals surface area contributed by atoms with E-state index in [9.17, 15) is 14.7 Å². The molecule has 0 bridgehead atoms. The summed E-state index contributed by atoms with van der Waals surface area (Å²) in [6, 6.07) is -0.743. The van der Waals surface area contributed by atoms with Gasteiger partial charge in [-0.2, -0.15) is 0 Å². The zero-order valence-electron chi connectivity index (χ0n) is 10.7. The number of carboxylic acid groups (broad SMARTS) is 1. The molecule has 1 saturated heterocycles. The lowest BCUT2D eigenvalue weighted by atomic mass is 10.0. The Bertz CT molecular complexity index is 488. The lowest BCUT2D eigenvalue weighted by molar-refractivity contribution is -0.142. The van der Waals surface area contributed by atoms with E-state index in [0.29, 0.717) is 31.6 Å². The lowest BCUT2D eigenvalue weighted by Crippen LogP contribution is -2.42. The Morgan fingerprint density at radius 1 is 1.63 bits per heavy atom. The fourth-order valence-electron chi connectivity index (χ4n) is 2.35. The van der Waals surface area contributed by atoms with Crippen LogP contribution in [-0.2, 0) is 11.2 Å². The van der Waals surface area contributed by atoms with Crippen LogP contribution < -0.4 is 5.73 Å². The third-order valence-corrected chi connectivity index (χ3v) is 4.25. The van der Waals surface area contributed by atoms with Crippen molar-refractivity contribution >= 4 is 23.2 Å². The van der Waals surface area contributed by atoms with Crippen molar-refractivity contribution < 1.29 is 14.7 Å². The molecule has 2 atom stereocenters. The maximum Gasteiger partial charge on any atom is 0.326 e. The molecule has 1 fully saturated rings. The fraction of sp³-hybridized carbons (Fsp3) is 0.583. The number of rotatable bonds is 4. The molecule has 0 spiro atoms. The Morgan fingerprint density at radius 2 is 2.37 bits per heavy atom. The summed E-state index contributed by atoms with van der Waals surface area (Å²) in [6.45, 7) is 2.81. The van der Waals surface area contributed by atoms with E-state index in [1.807, 2.05) is 6.92 Å². The number of carbonyl (C=O) groups is 2. The number of hydrogen-bond acceptors (Lipinski definition) is 5. The number of aromatic nitrogens is 1. The molecule has 3 N–H and O–H groups in total. The maximum absolute atomic E-state index is 12.3. The van der Waals surface area contributed by atoms with Crippen LogP contribution in [0.2, 0.25) is 0 Å². The number of hydrogen-bond donors (Lipinski definition) is 2. The molecule has 1 amide bonds. The summed E-state index contributed by atoms with van der Waals surface area (Å²) in [7, 11) is 0. The third-order valence-electron chi connectivity index (χ3n) is 3.34. The highest BCUT2D eigenvalue weighted by atomic mass is 32.1. The molecule has 19 heavy (non-hydrogen) atoms. The SMILES string of the molecule is CC1CCN(C(=O)c2csc(CCN)n2)C1C(=O)O. The van der Waals surface area contributed by atoms with E-state index in [2.05, 4.69) is 4.98 Å². The van der Waals surface area contributed by atoms with Gasteiger partial charge in [0.25, 0.3) is 5.91 Å². The van der Waals surface area contributed by atoms with Gasteiger partial charge in [-0.25, -0.2) is 9.78 Å². The molecule has 2 rings (SSSR count). The summed E-state index contributed by atoms with van der Waals surface area (Å²) in [6.07, 6.45) is 1.35. The fourth-order valence-corrected chi connectivity index (χ4v) is 3.13. The van der Waals surface area contributed by atoms with Gasteiger partial charge >= 0.3 is 5.97 Å². The van der Waals surface area contributed by atoms with E-state index in [-0.39, 0.29) is 11.8 Å². The van der Waals surface area contributed by atoms with Crippen molar-refractivity contribution in [2.75, 3.05) is 13.1 Å². The minimum atomic E-state index is -0.948. The van der Waals surface area contributed by atoms with Crippen LogP contribution in [0.3, 0.4) is 0 Å². The number of carboxylic acids is 1. The first kappa shape index (κ1) is 14.0. The average Bonchev–Trinajstić information content (AvgIpc) is 2.95.